The molecule has 0 heterocycles. The van der Waals surface area contributed by atoms with Crippen molar-refractivity contribution < 1.29 is 14.3 Å². The summed E-state index contributed by atoms with van der Waals surface area (Å²) in [6, 6.07) is 6.86. The van der Waals surface area contributed by atoms with Gasteiger partial charge < -0.3 is 10.1 Å². The van der Waals surface area contributed by atoms with Crippen LogP contribution in [-0.4, -0.2) is 43.5 Å². The number of anilines is 1. The van der Waals surface area contributed by atoms with E-state index in [-0.39, 0.29) is 25.0 Å². The van der Waals surface area contributed by atoms with E-state index in [0.29, 0.717) is 17.3 Å². The van der Waals surface area contributed by atoms with Crippen LogP contribution in [0.2, 0.25) is 5.02 Å². The van der Waals surface area contributed by atoms with Crippen molar-refractivity contribution in [3.63, 3.8) is 0 Å². The van der Waals surface area contributed by atoms with E-state index in [2.05, 4.69) is 10.1 Å². The van der Waals surface area contributed by atoms with Gasteiger partial charge in [-0.05, 0) is 37.2 Å². The van der Waals surface area contributed by atoms with Gasteiger partial charge in [0.05, 0.1) is 20.2 Å². The van der Waals surface area contributed by atoms with E-state index in [1.807, 2.05) is 6.92 Å². The summed E-state index contributed by atoms with van der Waals surface area (Å²) in [5.41, 5.74) is 0.675. The highest BCUT2D eigenvalue weighted by Gasteiger charge is 2.14. The fraction of sp³-hybridized carbons (Fsp3) is 0.429. The van der Waals surface area contributed by atoms with E-state index < -0.39 is 0 Å². The van der Waals surface area contributed by atoms with Gasteiger partial charge in [0.25, 0.3) is 0 Å². The summed E-state index contributed by atoms with van der Waals surface area (Å²) in [5.74, 6) is -0.526. The van der Waals surface area contributed by atoms with E-state index in [9.17, 15) is 9.59 Å². The second kappa shape index (κ2) is 8.55. The molecule has 1 aromatic rings. The van der Waals surface area contributed by atoms with Gasteiger partial charge in [0.15, 0.2) is 0 Å². The van der Waals surface area contributed by atoms with Crippen molar-refractivity contribution in [2.45, 2.75) is 13.3 Å². The highest BCUT2D eigenvalue weighted by Crippen LogP contribution is 2.13. The zero-order chi connectivity index (χ0) is 15.0. The normalized spacial score (nSPS) is 10.4. The van der Waals surface area contributed by atoms with E-state index in [1.165, 1.54) is 7.11 Å². The molecule has 6 heteroatoms. The van der Waals surface area contributed by atoms with Gasteiger partial charge in [-0.2, -0.15) is 0 Å². The molecule has 0 atom stereocenters. The number of amides is 1. The maximum atomic E-state index is 11.9. The number of nitrogens with one attached hydrogen (secondary N) is 1. The summed E-state index contributed by atoms with van der Waals surface area (Å²) >= 11 is 5.77. The van der Waals surface area contributed by atoms with Gasteiger partial charge in [-0.1, -0.05) is 18.5 Å². The molecule has 1 N–H and O–H groups in total. The molecule has 0 unspecified atom stereocenters. The molecule has 5 nitrogen and oxygen atoms in total. The molecule has 0 bridgehead atoms. The molecule has 0 saturated carbocycles. The largest absolute Gasteiger partial charge is 0.468 e. The van der Waals surface area contributed by atoms with Gasteiger partial charge in [-0.15, -0.1) is 0 Å². The monoisotopic (exact) mass is 298 g/mol. The van der Waals surface area contributed by atoms with Crippen LogP contribution in [0, 0.1) is 0 Å². The van der Waals surface area contributed by atoms with Crippen molar-refractivity contribution in [3.05, 3.63) is 29.3 Å². The lowest BCUT2D eigenvalue weighted by atomic mass is 10.3. The Bertz CT molecular complexity index is 448. The first kappa shape index (κ1) is 16.5. The molecule has 0 fully saturated rings. The number of hydrogen-bond acceptors (Lipinski definition) is 4. The third-order valence-corrected chi connectivity index (χ3v) is 2.87. The molecule has 1 amide bonds. The number of halogens is 1. The molecule has 0 radical (unpaired) electrons. The summed E-state index contributed by atoms with van der Waals surface area (Å²) in [6.07, 6.45) is 0.852. The third-order valence-electron chi connectivity index (χ3n) is 2.62. The molecule has 0 spiro atoms. The molecule has 110 valence electrons. The first-order valence-corrected chi connectivity index (χ1v) is 6.77. The Hall–Kier alpha value is -1.59. The SMILES string of the molecule is CCCN(CC(=O)Nc1ccc(Cl)cc1)CC(=O)OC. The van der Waals surface area contributed by atoms with Crippen LogP contribution in [0.5, 0.6) is 0 Å². The van der Waals surface area contributed by atoms with Crippen LogP contribution < -0.4 is 5.32 Å². The average molecular weight is 299 g/mol. The molecule has 1 aromatic carbocycles. The fourth-order valence-electron chi connectivity index (χ4n) is 1.71. The second-order valence-corrected chi connectivity index (χ2v) is 4.78. The summed E-state index contributed by atoms with van der Waals surface area (Å²) in [7, 11) is 1.33. The van der Waals surface area contributed by atoms with Gasteiger partial charge in [-0.25, -0.2) is 0 Å². The van der Waals surface area contributed by atoms with Gasteiger partial charge >= 0.3 is 5.97 Å². The van der Waals surface area contributed by atoms with Crippen molar-refractivity contribution in [2.24, 2.45) is 0 Å². The average Bonchev–Trinajstić information content (AvgIpc) is 2.41. The molecular weight excluding hydrogens is 280 g/mol. The maximum absolute atomic E-state index is 11.9. The Balaban J connectivity index is 2.52. The minimum absolute atomic E-state index is 0.110. The molecular formula is C14H19ClN2O3. The quantitative estimate of drug-likeness (QED) is 0.784. The molecule has 0 aliphatic heterocycles. The van der Waals surface area contributed by atoms with Gasteiger partial charge in [0.1, 0.15) is 0 Å². The van der Waals surface area contributed by atoms with E-state index >= 15 is 0 Å². The standard InChI is InChI=1S/C14H19ClN2O3/c1-3-8-17(10-14(19)20-2)9-13(18)16-12-6-4-11(15)5-7-12/h4-7H,3,8-10H2,1-2H3,(H,16,18). The molecule has 0 aromatic heterocycles. The Morgan fingerprint density at radius 2 is 1.90 bits per heavy atom. The van der Waals surface area contributed by atoms with E-state index in [4.69, 9.17) is 11.6 Å². The van der Waals surface area contributed by atoms with Crippen molar-refractivity contribution in [1.82, 2.24) is 4.90 Å². The Morgan fingerprint density at radius 1 is 1.25 bits per heavy atom. The van der Waals surface area contributed by atoms with Crippen LogP contribution in [-0.2, 0) is 14.3 Å². The lowest BCUT2D eigenvalue weighted by molar-refractivity contribution is -0.142. The summed E-state index contributed by atoms with van der Waals surface area (Å²) < 4.78 is 4.61. The zero-order valence-electron chi connectivity index (χ0n) is 11.7. The lowest BCUT2D eigenvalue weighted by Crippen LogP contribution is -2.37. The smallest absolute Gasteiger partial charge is 0.319 e. The maximum Gasteiger partial charge on any atom is 0.319 e. The van der Waals surface area contributed by atoms with Crippen LogP contribution in [0.1, 0.15) is 13.3 Å². The summed E-state index contributed by atoms with van der Waals surface area (Å²) in [5, 5.41) is 3.37. The molecule has 0 aliphatic rings. The first-order chi connectivity index (χ1) is 9.55. The highest BCUT2D eigenvalue weighted by atomic mass is 35.5. The van der Waals surface area contributed by atoms with Crippen LogP contribution in [0.4, 0.5) is 5.69 Å². The number of esters is 1. The second-order valence-electron chi connectivity index (χ2n) is 4.34. The van der Waals surface area contributed by atoms with Crippen molar-refractivity contribution in [1.29, 1.82) is 0 Å². The van der Waals surface area contributed by atoms with Crippen LogP contribution in [0.15, 0.2) is 24.3 Å². The van der Waals surface area contributed by atoms with Gasteiger partial charge in [0.2, 0.25) is 5.91 Å². The summed E-state index contributed by atoms with van der Waals surface area (Å²) in [6.45, 7) is 2.90. The Kier molecular flexibility index (Phi) is 7.04. The van der Waals surface area contributed by atoms with Crippen molar-refractivity contribution in [3.8, 4) is 0 Å². The third kappa shape index (κ3) is 6.04. The van der Waals surface area contributed by atoms with E-state index in [1.54, 1.807) is 29.2 Å². The topological polar surface area (TPSA) is 58.6 Å². The summed E-state index contributed by atoms with van der Waals surface area (Å²) in [4.78, 5) is 24.9. The molecule has 1 rings (SSSR count). The predicted molar refractivity (Wildman–Crippen MR) is 78.8 cm³/mol. The zero-order valence-corrected chi connectivity index (χ0v) is 12.4. The first-order valence-electron chi connectivity index (χ1n) is 6.39. The van der Waals surface area contributed by atoms with Crippen molar-refractivity contribution >= 4 is 29.2 Å². The van der Waals surface area contributed by atoms with Crippen LogP contribution >= 0.6 is 11.6 Å². The van der Waals surface area contributed by atoms with E-state index in [0.717, 1.165) is 6.42 Å². The van der Waals surface area contributed by atoms with Crippen molar-refractivity contribution in [2.75, 3.05) is 32.1 Å². The molecule has 0 saturated heterocycles. The lowest BCUT2D eigenvalue weighted by Gasteiger charge is -2.19. The molecule has 20 heavy (non-hydrogen) atoms. The number of benzene rings is 1. The molecule has 0 aliphatic carbocycles. The number of methoxy groups -OCH3 is 1. The number of ether oxygens (including phenoxy) is 1. The number of hydrogen-bond donors (Lipinski definition) is 1. The minimum Gasteiger partial charge on any atom is -0.468 e. The minimum atomic E-state index is -0.349. The Morgan fingerprint density at radius 3 is 2.45 bits per heavy atom. The number of carbonyl (C=O) groups is 2. The Labute approximate surface area is 123 Å². The fourth-order valence-corrected chi connectivity index (χ4v) is 1.84. The van der Waals surface area contributed by atoms with Gasteiger partial charge in [-0.3, -0.25) is 14.5 Å². The van der Waals surface area contributed by atoms with Crippen LogP contribution in [0.3, 0.4) is 0 Å². The number of carbonyl (C=O) groups excluding carboxylic acids is 2. The number of nitrogens with zero attached hydrogens (tertiary/aromatic N) is 1. The highest BCUT2D eigenvalue weighted by molar-refractivity contribution is 6.30. The predicted octanol–water partition coefficient (Wildman–Crippen LogP) is 2.16. The van der Waals surface area contributed by atoms with Gasteiger partial charge in [0, 0.05) is 10.7 Å². The number of rotatable bonds is 7. The van der Waals surface area contributed by atoms with Crippen LogP contribution in [0.25, 0.3) is 0 Å².